The molecular formula is C10H8N2OS. The van der Waals surface area contributed by atoms with Crippen molar-refractivity contribution in [1.29, 1.82) is 0 Å². The topological polar surface area (TPSA) is 42.9 Å². The molecule has 0 spiro atoms. The maximum absolute atomic E-state index is 10.4. The first kappa shape index (κ1) is 9.02. The van der Waals surface area contributed by atoms with Gasteiger partial charge in [0.25, 0.3) is 0 Å². The van der Waals surface area contributed by atoms with Crippen LogP contribution in [0.15, 0.2) is 23.7 Å². The number of hydrogen-bond acceptors (Lipinski definition) is 4. The molecule has 2 aromatic heterocycles. The molecule has 0 fully saturated rings. The zero-order valence-corrected chi connectivity index (χ0v) is 8.41. The third-order valence-electron chi connectivity index (χ3n) is 1.78. The number of aromatic nitrogens is 2. The Hall–Kier alpha value is -1.55. The number of thiazole rings is 1. The lowest BCUT2D eigenvalue weighted by Crippen LogP contribution is -1.84. The van der Waals surface area contributed by atoms with Gasteiger partial charge < -0.3 is 0 Å². The molecule has 0 atom stereocenters. The summed E-state index contributed by atoms with van der Waals surface area (Å²) in [5.41, 5.74) is 2.43. The lowest BCUT2D eigenvalue weighted by Gasteiger charge is -1.95. The molecular weight excluding hydrogens is 196 g/mol. The number of hydrogen-bond donors (Lipinski definition) is 0. The van der Waals surface area contributed by atoms with E-state index in [1.807, 2.05) is 19.1 Å². The molecule has 0 aliphatic rings. The predicted octanol–water partition coefficient (Wildman–Crippen LogP) is 2.33. The number of pyridine rings is 1. The zero-order chi connectivity index (χ0) is 9.97. The number of carbonyl (C=O) groups is 1. The Morgan fingerprint density at radius 1 is 1.50 bits per heavy atom. The van der Waals surface area contributed by atoms with Crippen LogP contribution in [0.3, 0.4) is 0 Å². The van der Waals surface area contributed by atoms with E-state index in [1.54, 1.807) is 11.6 Å². The van der Waals surface area contributed by atoms with Crippen LogP contribution in [-0.4, -0.2) is 16.3 Å². The molecule has 3 nitrogen and oxygen atoms in total. The summed E-state index contributed by atoms with van der Waals surface area (Å²) in [5.74, 6) is 0. The molecule has 2 rings (SSSR count). The Balaban J connectivity index is 2.43. The van der Waals surface area contributed by atoms with E-state index in [-0.39, 0.29) is 0 Å². The third kappa shape index (κ3) is 1.70. The van der Waals surface area contributed by atoms with Gasteiger partial charge in [0.1, 0.15) is 10.7 Å². The number of carbonyl (C=O) groups excluding carboxylic acids is 1. The highest BCUT2D eigenvalue weighted by molar-refractivity contribution is 7.13. The van der Waals surface area contributed by atoms with Crippen molar-refractivity contribution in [2.24, 2.45) is 0 Å². The minimum Gasteiger partial charge on any atom is -0.296 e. The summed E-state index contributed by atoms with van der Waals surface area (Å²) in [6.45, 7) is 2.00. The summed E-state index contributed by atoms with van der Waals surface area (Å²) >= 11 is 1.43. The molecule has 0 bridgehead atoms. The average Bonchev–Trinajstić information content (AvgIpc) is 2.66. The first-order valence-corrected chi connectivity index (χ1v) is 5.01. The highest BCUT2D eigenvalue weighted by Gasteiger charge is 2.04. The van der Waals surface area contributed by atoms with E-state index in [9.17, 15) is 4.79 Å². The smallest absolute Gasteiger partial charge is 0.169 e. The van der Waals surface area contributed by atoms with Gasteiger partial charge in [-0.2, -0.15) is 0 Å². The van der Waals surface area contributed by atoms with Crippen molar-refractivity contribution in [3.05, 3.63) is 35.0 Å². The Morgan fingerprint density at radius 2 is 2.36 bits per heavy atom. The fourth-order valence-electron chi connectivity index (χ4n) is 1.11. The van der Waals surface area contributed by atoms with Crippen LogP contribution in [0.25, 0.3) is 10.7 Å². The first-order chi connectivity index (χ1) is 6.79. The highest BCUT2D eigenvalue weighted by Crippen LogP contribution is 2.21. The van der Waals surface area contributed by atoms with Crippen molar-refractivity contribution < 1.29 is 4.79 Å². The zero-order valence-electron chi connectivity index (χ0n) is 7.60. The fraction of sp³-hybridized carbons (Fsp3) is 0.100. The maximum Gasteiger partial charge on any atom is 0.169 e. The molecule has 0 aliphatic carbocycles. The monoisotopic (exact) mass is 204 g/mol. The summed E-state index contributed by atoms with van der Waals surface area (Å²) in [7, 11) is 0. The van der Waals surface area contributed by atoms with Crippen molar-refractivity contribution in [2.45, 2.75) is 6.92 Å². The van der Waals surface area contributed by atoms with Gasteiger partial charge in [0.05, 0.1) is 5.69 Å². The molecule has 0 amide bonds. The van der Waals surface area contributed by atoms with Crippen LogP contribution in [0.4, 0.5) is 0 Å². The molecule has 70 valence electrons. The number of nitrogens with zero attached hydrogens (tertiary/aromatic N) is 2. The number of aldehydes is 1. The molecule has 14 heavy (non-hydrogen) atoms. The SMILES string of the molecule is Cc1ccnc(-c2nc(C=O)cs2)c1. The Morgan fingerprint density at radius 3 is 3.00 bits per heavy atom. The number of aryl methyl sites for hydroxylation is 1. The largest absolute Gasteiger partial charge is 0.296 e. The summed E-state index contributed by atoms with van der Waals surface area (Å²) in [5, 5.41) is 2.52. The van der Waals surface area contributed by atoms with Gasteiger partial charge >= 0.3 is 0 Å². The quantitative estimate of drug-likeness (QED) is 0.705. The van der Waals surface area contributed by atoms with Gasteiger partial charge in [0.2, 0.25) is 0 Å². The lowest BCUT2D eigenvalue weighted by atomic mass is 10.2. The van der Waals surface area contributed by atoms with E-state index >= 15 is 0 Å². The standard InChI is InChI=1S/C10H8N2OS/c1-7-2-3-11-9(4-7)10-12-8(5-13)6-14-10/h2-6H,1H3. The van der Waals surface area contributed by atoms with E-state index in [1.165, 1.54) is 11.3 Å². The molecule has 2 aromatic rings. The van der Waals surface area contributed by atoms with Crippen molar-refractivity contribution in [3.8, 4) is 10.7 Å². The lowest BCUT2D eigenvalue weighted by molar-refractivity contribution is 0.111. The normalized spacial score (nSPS) is 10.1. The van der Waals surface area contributed by atoms with Gasteiger partial charge in [0, 0.05) is 11.6 Å². The van der Waals surface area contributed by atoms with E-state index in [2.05, 4.69) is 9.97 Å². The molecule has 0 aliphatic heterocycles. The second kappa shape index (κ2) is 3.67. The molecule has 0 saturated heterocycles. The second-order valence-corrected chi connectivity index (χ2v) is 3.77. The van der Waals surface area contributed by atoms with Crippen molar-refractivity contribution in [2.75, 3.05) is 0 Å². The van der Waals surface area contributed by atoms with Crippen LogP contribution in [0, 0.1) is 6.92 Å². The molecule has 0 unspecified atom stereocenters. The first-order valence-electron chi connectivity index (χ1n) is 4.13. The van der Waals surface area contributed by atoms with Crippen LogP contribution in [0.2, 0.25) is 0 Å². The van der Waals surface area contributed by atoms with Gasteiger partial charge in [-0.3, -0.25) is 9.78 Å². The van der Waals surface area contributed by atoms with E-state index in [0.717, 1.165) is 22.6 Å². The van der Waals surface area contributed by atoms with Crippen LogP contribution in [-0.2, 0) is 0 Å². The van der Waals surface area contributed by atoms with Gasteiger partial charge in [-0.05, 0) is 24.6 Å². The van der Waals surface area contributed by atoms with Crippen molar-refractivity contribution >= 4 is 17.6 Å². The summed E-state index contributed by atoms with van der Waals surface area (Å²) in [6, 6.07) is 3.88. The minimum atomic E-state index is 0.466. The van der Waals surface area contributed by atoms with Gasteiger partial charge in [0.15, 0.2) is 6.29 Å². The summed E-state index contributed by atoms with van der Waals surface area (Å²) in [6.07, 6.45) is 2.49. The predicted molar refractivity (Wildman–Crippen MR) is 55.5 cm³/mol. The number of rotatable bonds is 2. The molecule has 2 heterocycles. The molecule has 0 saturated carbocycles. The third-order valence-corrected chi connectivity index (χ3v) is 2.66. The van der Waals surface area contributed by atoms with Gasteiger partial charge in [-0.1, -0.05) is 0 Å². The van der Waals surface area contributed by atoms with Crippen molar-refractivity contribution in [3.63, 3.8) is 0 Å². The molecule has 0 N–H and O–H groups in total. The van der Waals surface area contributed by atoms with Crippen molar-refractivity contribution in [1.82, 2.24) is 9.97 Å². The van der Waals surface area contributed by atoms with E-state index < -0.39 is 0 Å². The second-order valence-electron chi connectivity index (χ2n) is 2.91. The minimum absolute atomic E-state index is 0.466. The Labute approximate surface area is 85.5 Å². The van der Waals surface area contributed by atoms with E-state index in [0.29, 0.717) is 5.69 Å². The van der Waals surface area contributed by atoms with E-state index in [4.69, 9.17) is 0 Å². The van der Waals surface area contributed by atoms with Crippen LogP contribution < -0.4 is 0 Å². The summed E-state index contributed by atoms with van der Waals surface area (Å²) < 4.78 is 0. The average molecular weight is 204 g/mol. The Bertz CT molecular complexity index is 465. The van der Waals surface area contributed by atoms with Crippen LogP contribution >= 0.6 is 11.3 Å². The molecule has 4 heteroatoms. The maximum atomic E-state index is 10.4. The van der Waals surface area contributed by atoms with Crippen LogP contribution in [0.5, 0.6) is 0 Å². The van der Waals surface area contributed by atoms with Crippen LogP contribution in [0.1, 0.15) is 16.1 Å². The fourth-order valence-corrected chi connectivity index (χ4v) is 1.84. The van der Waals surface area contributed by atoms with Gasteiger partial charge in [-0.15, -0.1) is 11.3 Å². The van der Waals surface area contributed by atoms with Gasteiger partial charge in [-0.25, -0.2) is 4.98 Å². The molecule has 0 radical (unpaired) electrons. The highest BCUT2D eigenvalue weighted by atomic mass is 32.1. The molecule has 0 aromatic carbocycles. The Kier molecular flexibility index (Phi) is 2.37. The summed E-state index contributed by atoms with van der Waals surface area (Å²) in [4.78, 5) is 18.8.